The Morgan fingerprint density at radius 2 is 2.15 bits per heavy atom. The minimum absolute atomic E-state index is 0.0318. The average molecular weight is 359 g/mol. The number of carbonyl (C=O) groups is 1. The molecule has 0 unspecified atom stereocenters. The highest BCUT2D eigenvalue weighted by Crippen LogP contribution is 2.20. The number of anilines is 1. The first-order valence-electron chi connectivity index (χ1n) is 7.55. The maximum Gasteiger partial charge on any atom is 0.389 e. The Labute approximate surface area is 146 Å². The number of hydrogen-bond acceptors (Lipinski definition) is 6. The molecule has 0 fully saturated rings. The van der Waals surface area contributed by atoms with Crippen LogP contribution in [0, 0.1) is 29.8 Å². The van der Waals surface area contributed by atoms with Gasteiger partial charge in [-0.25, -0.2) is 4.39 Å². The summed E-state index contributed by atoms with van der Waals surface area (Å²) in [5, 5.41) is 20.9. The molecular weight excluding hydrogens is 345 g/mol. The van der Waals surface area contributed by atoms with E-state index in [-0.39, 0.29) is 18.1 Å². The maximum atomic E-state index is 13.2. The summed E-state index contributed by atoms with van der Waals surface area (Å²) in [5.74, 6) is -0.844. The molecule has 0 saturated heterocycles. The molecule has 0 spiro atoms. The van der Waals surface area contributed by atoms with Gasteiger partial charge in [-0.05, 0) is 42.5 Å². The van der Waals surface area contributed by atoms with Crippen molar-refractivity contribution in [3.05, 3.63) is 69.0 Å². The normalized spacial score (nSPS) is 10.7. The molecule has 1 aromatic carbocycles. The van der Waals surface area contributed by atoms with Crippen molar-refractivity contribution >= 4 is 17.4 Å². The summed E-state index contributed by atoms with van der Waals surface area (Å²) in [6.07, 6.45) is 1.43. The number of aromatic nitrogens is 3. The number of nitrogens with zero attached hydrogens (tertiary/aromatic N) is 4. The molecule has 10 heteroatoms. The van der Waals surface area contributed by atoms with Gasteiger partial charge < -0.3 is 20.0 Å². The predicted octanol–water partition coefficient (Wildman–Crippen LogP) is 2.84. The zero-order valence-corrected chi connectivity index (χ0v) is 13.9. The summed E-state index contributed by atoms with van der Waals surface area (Å²) in [5.41, 5.74) is 1.48. The Kier molecular flexibility index (Phi) is 4.48. The molecule has 134 valence electrons. The number of amides is 1. The van der Waals surface area contributed by atoms with Gasteiger partial charge in [-0.15, -0.1) is 0 Å². The van der Waals surface area contributed by atoms with Gasteiger partial charge in [0.15, 0.2) is 5.69 Å². The highest BCUT2D eigenvalue weighted by molar-refractivity contribution is 6.04. The Bertz CT molecular complexity index is 994. The molecule has 0 radical (unpaired) electrons. The lowest BCUT2D eigenvalue weighted by Crippen LogP contribution is -2.16. The van der Waals surface area contributed by atoms with E-state index < -0.39 is 16.6 Å². The number of halogens is 1. The SMILES string of the molecule is Cc1cc(F)ccc1NC(=O)c1noc(C)c1Cn1ccc([N+](=O)[O-])n1. The van der Waals surface area contributed by atoms with E-state index in [1.807, 2.05) is 0 Å². The molecule has 2 heterocycles. The van der Waals surface area contributed by atoms with Crippen LogP contribution in [0.1, 0.15) is 27.4 Å². The first-order chi connectivity index (χ1) is 12.3. The molecule has 0 bridgehead atoms. The standard InChI is InChI=1S/C16H14FN5O4/c1-9-7-11(17)3-4-13(9)18-16(23)15-12(10(2)26-20-15)8-21-6-5-14(19-21)22(24)25/h3-7H,8H2,1-2H3,(H,18,23). The van der Waals surface area contributed by atoms with Crippen molar-refractivity contribution in [1.82, 2.24) is 14.9 Å². The Morgan fingerprint density at radius 1 is 1.38 bits per heavy atom. The second-order valence-corrected chi connectivity index (χ2v) is 5.61. The van der Waals surface area contributed by atoms with E-state index in [4.69, 9.17) is 4.52 Å². The molecule has 1 N–H and O–H groups in total. The number of rotatable bonds is 5. The van der Waals surface area contributed by atoms with E-state index in [1.165, 1.54) is 35.1 Å². The van der Waals surface area contributed by atoms with Gasteiger partial charge in [0.25, 0.3) is 5.91 Å². The summed E-state index contributed by atoms with van der Waals surface area (Å²) in [4.78, 5) is 22.6. The lowest BCUT2D eigenvalue weighted by Gasteiger charge is -2.07. The molecule has 2 aromatic heterocycles. The fourth-order valence-electron chi connectivity index (χ4n) is 2.40. The quantitative estimate of drug-likeness (QED) is 0.553. The fourth-order valence-corrected chi connectivity index (χ4v) is 2.40. The van der Waals surface area contributed by atoms with Crippen LogP contribution in [-0.2, 0) is 6.54 Å². The number of carbonyl (C=O) groups excluding carboxylic acids is 1. The van der Waals surface area contributed by atoms with Crippen molar-refractivity contribution in [2.45, 2.75) is 20.4 Å². The van der Waals surface area contributed by atoms with Crippen molar-refractivity contribution in [3.8, 4) is 0 Å². The van der Waals surface area contributed by atoms with E-state index in [2.05, 4.69) is 15.6 Å². The first kappa shape index (κ1) is 17.3. The zero-order valence-electron chi connectivity index (χ0n) is 13.9. The maximum absolute atomic E-state index is 13.2. The van der Waals surface area contributed by atoms with Crippen LogP contribution in [0.4, 0.5) is 15.9 Å². The summed E-state index contributed by atoms with van der Waals surface area (Å²) < 4.78 is 19.6. The van der Waals surface area contributed by atoms with Gasteiger partial charge in [-0.3, -0.25) is 4.79 Å². The van der Waals surface area contributed by atoms with Crippen LogP contribution in [0.5, 0.6) is 0 Å². The molecule has 1 amide bonds. The van der Waals surface area contributed by atoms with E-state index in [9.17, 15) is 19.3 Å². The van der Waals surface area contributed by atoms with Gasteiger partial charge in [-0.1, -0.05) is 5.16 Å². The molecular formula is C16H14FN5O4. The van der Waals surface area contributed by atoms with Gasteiger partial charge in [0.05, 0.1) is 29.5 Å². The third-order valence-electron chi connectivity index (χ3n) is 3.77. The molecule has 3 aromatic rings. The lowest BCUT2D eigenvalue weighted by molar-refractivity contribution is -0.389. The highest BCUT2D eigenvalue weighted by atomic mass is 19.1. The number of hydrogen-bond donors (Lipinski definition) is 1. The van der Waals surface area contributed by atoms with Gasteiger partial charge in [0, 0.05) is 5.69 Å². The molecule has 0 aliphatic heterocycles. The van der Waals surface area contributed by atoms with Crippen molar-refractivity contribution in [3.63, 3.8) is 0 Å². The van der Waals surface area contributed by atoms with Crippen LogP contribution in [0.2, 0.25) is 0 Å². The number of benzene rings is 1. The summed E-state index contributed by atoms with van der Waals surface area (Å²) in [6, 6.07) is 5.24. The van der Waals surface area contributed by atoms with Crippen LogP contribution in [-0.4, -0.2) is 25.8 Å². The van der Waals surface area contributed by atoms with Crippen LogP contribution in [0.25, 0.3) is 0 Å². The summed E-state index contributed by atoms with van der Waals surface area (Å²) >= 11 is 0. The van der Waals surface area contributed by atoms with Crippen LogP contribution >= 0.6 is 0 Å². The number of nitro groups is 1. The fraction of sp³-hybridized carbons (Fsp3) is 0.188. The van der Waals surface area contributed by atoms with Crippen molar-refractivity contribution < 1.29 is 18.6 Å². The monoisotopic (exact) mass is 359 g/mol. The molecule has 0 atom stereocenters. The van der Waals surface area contributed by atoms with E-state index in [0.717, 1.165) is 0 Å². The van der Waals surface area contributed by atoms with E-state index in [1.54, 1.807) is 13.8 Å². The van der Waals surface area contributed by atoms with Gasteiger partial charge in [0.1, 0.15) is 11.6 Å². The largest absolute Gasteiger partial charge is 0.389 e. The van der Waals surface area contributed by atoms with Crippen molar-refractivity contribution in [1.29, 1.82) is 0 Å². The highest BCUT2D eigenvalue weighted by Gasteiger charge is 2.22. The Morgan fingerprint density at radius 3 is 2.81 bits per heavy atom. The van der Waals surface area contributed by atoms with Crippen LogP contribution in [0.3, 0.4) is 0 Å². The molecule has 0 aliphatic carbocycles. The Hall–Kier alpha value is -3.56. The zero-order chi connectivity index (χ0) is 18.8. The second kappa shape index (κ2) is 6.75. The predicted molar refractivity (Wildman–Crippen MR) is 88.3 cm³/mol. The number of nitrogens with one attached hydrogen (secondary N) is 1. The van der Waals surface area contributed by atoms with Gasteiger partial charge >= 0.3 is 5.82 Å². The van der Waals surface area contributed by atoms with Gasteiger partial charge in [0.2, 0.25) is 0 Å². The third-order valence-corrected chi connectivity index (χ3v) is 3.77. The minimum atomic E-state index is -0.609. The third kappa shape index (κ3) is 3.43. The second-order valence-electron chi connectivity index (χ2n) is 5.61. The van der Waals surface area contributed by atoms with Crippen molar-refractivity contribution in [2.24, 2.45) is 0 Å². The molecule has 9 nitrogen and oxygen atoms in total. The topological polar surface area (TPSA) is 116 Å². The van der Waals surface area contributed by atoms with Crippen molar-refractivity contribution in [2.75, 3.05) is 5.32 Å². The Balaban J connectivity index is 1.84. The van der Waals surface area contributed by atoms with E-state index >= 15 is 0 Å². The summed E-state index contributed by atoms with van der Waals surface area (Å²) in [6.45, 7) is 3.37. The van der Waals surface area contributed by atoms with E-state index in [0.29, 0.717) is 22.6 Å². The molecule has 0 aliphatic rings. The average Bonchev–Trinajstić information content (AvgIpc) is 3.18. The lowest BCUT2D eigenvalue weighted by atomic mass is 10.1. The molecule has 3 rings (SSSR count). The van der Waals surface area contributed by atoms with Gasteiger partial charge in [-0.2, -0.15) is 4.68 Å². The molecule has 0 saturated carbocycles. The van der Waals surface area contributed by atoms with Crippen LogP contribution < -0.4 is 5.32 Å². The van der Waals surface area contributed by atoms with Crippen LogP contribution in [0.15, 0.2) is 35.0 Å². The smallest absolute Gasteiger partial charge is 0.361 e. The first-order valence-corrected chi connectivity index (χ1v) is 7.55. The minimum Gasteiger partial charge on any atom is -0.361 e. The molecule has 26 heavy (non-hydrogen) atoms. The number of aryl methyl sites for hydroxylation is 2. The summed E-state index contributed by atoms with van der Waals surface area (Å²) in [7, 11) is 0.